The minimum Gasteiger partial charge on any atom is -0.481 e. The molecule has 0 fully saturated rings. The number of rotatable bonds is 11. The predicted octanol–water partition coefficient (Wildman–Crippen LogP) is 2.37. The van der Waals surface area contributed by atoms with Crippen LogP contribution in [0, 0.1) is 5.92 Å². The van der Waals surface area contributed by atoms with E-state index in [1.807, 2.05) is 0 Å². The fourth-order valence-corrected chi connectivity index (χ4v) is 2.92. The van der Waals surface area contributed by atoms with E-state index in [1.165, 1.54) is 70.1 Å². The van der Waals surface area contributed by atoms with Gasteiger partial charge in [0, 0.05) is 0 Å². The van der Waals surface area contributed by atoms with Crippen molar-refractivity contribution in [3.05, 3.63) is 0 Å². The quantitative estimate of drug-likeness (QED) is 0.292. The molecule has 1 unspecified atom stereocenters. The van der Waals surface area contributed by atoms with Crippen molar-refractivity contribution in [3.8, 4) is 0 Å². The molecule has 3 N–H and O–H groups in total. The second-order valence-corrected chi connectivity index (χ2v) is 8.49. The Morgan fingerprint density at radius 1 is 1.00 bits per heavy atom. The molecule has 0 amide bonds. The summed E-state index contributed by atoms with van der Waals surface area (Å²) in [6.45, 7) is 4.63. The van der Waals surface area contributed by atoms with E-state index in [-0.39, 0.29) is 0 Å². The molecule has 0 aromatic heterocycles. The molecular formula is C14H27NaO7S. The maximum Gasteiger partial charge on any atom is 0.325 e. The van der Waals surface area contributed by atoms with Crippen molar-refractivity contribution >= 4 is 50.0 Å². The average molecular weight is 362 g/mol. The Kier molecular flexibility index (Phi) is 15.5. The fraction of sp³-hybridized carbons (Fsp3) is 0.857. The van der Waals surface area contributed by atoms with E-state index >= 15 is 0 Å². The molecule has 0 radical (unpaired) electrons. The molecule has 0 saturated carbocycles. The third kappa shape index (κ3) is 18.0. The van der Waals surface area contributed by atoms with Crippen LogP contribution in [0.1, 0.15) is 58.8 Å². The van der Waals surface area contributed by atoms with Crippen molar-refractivity contribution in [3.63, 3.8) is 0 Å². The zero-order valence-electron chi connectivity index (χ0n) is 14.2. The van der Waals surface area contributed by atoms with Crippen LogP contribution in [-0.2, 0) is 19.7 Å². The van der Waals surface area contributed by atoms with Crippen LogP contribution < -0.4 is 0 Å². The van der Waals surface area contributed by atoms with Gasteiger partial charge in [-0.2, -0.15) is 8.42 Å². The number of hydrogen-bond acceptors (Lipinski definition) is 4. The van der Waals surface area contributed by atoms with Crippen LogP contribution in [0.5, 0.6) is 0 Å². The van der Waals surface area contributed by atoms with Crippen molar-refractivity contribution in [2.45, 2.75) is 67.7 Å². The molecule has 1 atom stereocenters. The van der Waals surface area contributed by atoms with E-state index in [2.05, 4.69) is 13.8 Å². The Balaban J connectivity index is 0. The molecule has 7 nitrogen and oxygen atoms in total. The summed E-state index contributed by atoms with van der Waals surface area (Å²) in [7, 11) is -4.84. The molecule has 0 bridgehead atoms. The number of aliphatic carboxylic acids is 2. The van der Waals surface area contributed by atoms with Gasteiger partial charge >= 0.3 is 102 Å². The molecule has 0 saturated heterocycles. The minimum absolute atomic E-state index is 0.911. The van der Waals surface area contributed by atoms with Gasteiger partial charge in [-0.05, 0) is 0 Å². The fourth-order valence-electron chi connectivity index (χ4n) is 1.81. The first-order chi connectivity index (χ1) is 10.5. The average Bonchev–Trinajstić information content (AvgIpc) is 2.39. The second-order valence-electron chi connectivity index (χ2n) is 5.89. The van der Waals surface area contributed by atoms with Crippen LogP contribution in [0.2, 0.25) is 3.67 Å². The SMILES string of the molecule is CC(C)CCCCCC[CH2][Na].O=C(O)CC(C(=O)O)S(=O)(=O)O. The summed E-state index contributed by atoms with van der Waals surface area (Å²) in [4.78, 5) is 20.0. The summed E-state index contributed by atoms with van der Waals surface area (Å²) in [5.74, 6) is -2.59. The molecule has 132 valence electrons. The topological polar surface area (TPSA) is 129 Å². The first-order valence-electron chi connectivity index (χ1n) is 7.93. The van der Waals surface area contributed by atoms with E-state index in [1.54, 1.807) is 0 Å². The van der Waals surface area contributed by atoms with Gasteiger partial charge in [0.25, 0.3) is 10.1 Å². The molecule has 0 rings (SSSR count). The molecule has 0 aliphatic carbocycles. The van der Waals surface area contributed by atoms with Gasteiger partial charge < -0.3 is 10.2 Å². The summed E-state index contributed by atoms with van der Waals surface area (Å²) in [5.41, 5.74) is 0. The van der Waals surface area contributed by atoms with E-state index in [9.17, 15) is 18.0 Å². The first kappa shape index (κ1) is 25.1. The van der Waals surface area contributed by atoms with Crippen molar-refractivity contribution in [1.82, 2.24) is 0 Å². The Morgan fingerprint density at radius 3 is 1.78 bits per heavy atom. The maximum absolute atomic E-state index is 10.2. The summed E-state index contributed by atoms with van der Waals surface area (Å²) in [6.07, 6.45) is 7.66. The van der Waals surface area contributed by atoms with Crippen LogP contribution in [0.4, 0.5) is 0 Å². The number of carboxylic acids is 2. The molecule has 0 aromatic carbocycles. The third-order valence-electron chi connectivity index (χ3n) is 3.13. The standard InChI is InChI=1S/C10H21.C4H6O7S.Na/c1-4-5-6-7-8-9-10(2)3;5-3(6)1-2(4(7)8)12(9,10)11;/h10H,1,4-9H2,2-3H3;2H,1H2,(H,5,6)(H,7,8)(H,9,10,11);. The van der Waals surface area contributed by atoms with Crippen LogP contribution in [0.15, 0.2) is 0 Å². The maximum atomic E-state index is 10.2. The Bertz CT molecular complexity index is 434. The summed E-state index contributed by atoms with van der Waals surface area (Å²) in [5, 5.41) is 13.9. The number of carboxylic acid groups (broad SMARTS) is 2. The van der Waals surface area contributed by atoms with Crippen molar-refractivity contribution in [2.24, 2.45) is 5.92 Å². The minimum atomic E-state index is -4.84. The normalized spacial score (nSPS) is 12.4. The predicted molar refractivity (Wildman–Crippen MR) is 88.3 cm³/mol. The van der Waals surface area contributed by atoms with Crippen molar-refractivity contribution < 1.29 is 32.8 Å². The van der Waals surface area contributed by atoms with Crippen LogP contribution in [0.3, 0.4) is 0 Å². The number of hydrogen-bond donors (Lipinski definition) is 3. The van der Waals surface area contributed by atoms with Gasteiger partial charge in [0.05, 0.1) is 6.42 Å². The summed E-state index contributed by atoms with van der Waals surface area (Å²) in [6, 6.07) is 0. The molecule has 0 spiro atoms. The van der Waals surface area contributed by atoms with Gasteiger partial charge in [-0.1, -0.05) is 0 Å². The van der Waals surface area contributed by atoms with Gasteiger partial charge in [-0.15, -0.1) is 0 Å². The Morgan fingerprint density at radius 2 is 1.48 bits per heavy atom. The largest absolute Gasteiger partial charge is 0.481 e. The summed E-state index contributed by atoms with van der Waals surface area (Å²) < 4.78 is 30.2. The van der Waals surface area contributed by atoms with Gasteiger partial charge in [-0.25, -0.2) is 0 Å². The smallest absolute Gasteiger partial charge is 0.325 e. The zero-order chi connectivity index (χ0) is 18.5. The van der Waals surface area contributed by atoms with Gasteiger partial charge in [0.1, 0.15) is 0 Å². The molecule has 0 aliphatic rings. The molecule has 23 heavy (non-hydrogen) atoms. The van der Waals surface area contributed by atoms with Crippen molar-refractivity contribution in [2.75, 3.05) is 0 Å². The van der Waals surface area contributed by atoms with Crippen molar-refractivity contribution in [1.29, 1.82) is 0 Å². The molecule has 9 heteroatoms. The molecular weight excluding hydrogens is 335 g/mol. The van der Waals surface area contributed by atoms with Gasteiger partial charge in [-0.3, -0.25) is 14.1 Å². The molecule has 0 heterocycles. The van der Waals surface area contributed by atoms with Crippen LogP contribution in [0.25, 0.3) is 0 Å². The molecule has 0 aliphatic heterocycles. The van der Waals surface area contributed by atoms with Gasteiger partial charge in [0.15, 0.2) is 5.25 Å². The Hall–Kier alpha value is -0.150. The second kappa shape index (κ2) is 14.2. The van der Waals surface area contributed by atoms with Crippen LogP contribution in [-0.4, -0.2) is 68.3 Å². The van der Waals surface area contributed by atoms with Gasteiger partial charge in [0.2, 0.25) is 0 Å². The van der Waals surface area contributed by atoms with E-state index in [4.69, 9.17) is 14.8 Å². The number of carbonyl (C=O) groups is 2. The number of unbranched alkanes of at least 4 members (excludes halogenated alkanes) is 4. The first-order valence-corrected chi connectivity index (χ1v) is 10.8. The Labute approximate surface area is 156 Å². The summed E-state index contributed by atoms with van der Waals surface area (Å²) >= 11 is 1.41. The zero-order valence-corrected chi connectivity index (χ0v) is 17.0. The third-order valence-corrected chi connectivity index (χ3v) is 4.92. The molecule has 0 aromatic rings. The van der Waals surface area contributed by atoms with E-state index in [0.29, 0.717) is 0 Å². The van der Waals surface area contributed by atoms with Crippen LogP contribution >= 0.6 is 0 Å². The monoisotopic (exact) mass is 362 g/mol. The van der Waals surface area contributed by atoms with E-state index in [0.717, 1.165) is 5.92 Å². The van der Waals surface area contributed by atoms with E-state index < -0.39 is 33.7 Å².